The average Bonchev–Trinajstić information content (AvgIpc) is 3.00. The topological polar surface area (TPSA) is 112 Å². The Morgan fingerprint density at radius 2 is 1.77 bits per heavy atom. The van der Waals surface area contributed by atoms with Crippen LogP contribution in [-0.4, -0.2) is 48.8 Å². The molecule has 0 bridgehead atoms. The monoisotopic (exact) mass is 415 g/mol. The number of hydrogen-bond donors (Lipinski definition) is 1. The molecule has 2 rings (SSSR count). The number of benzene rings is 1. The molecule has 8 heteroatoms. The van der Waals surface area contributed by atoms with Crippen LogP contribution in [0.5, 0.6) is 5.75 Å². The Labute approximate surface area is 174 Å². The summed E-state index contributed by atoms with van der Waals surface area (Å²) in [4.78, 5) is 51.6. The molecule has 8 nitrogen and oxygen atoms in total. The van der Waals surface area contributed by atoms with Crippen molar-refractivity contribution in [2.45, 2.75) is 40.2 Å². The third-order valence-corrected chi connectivity index (χ3v) is 4.77. The molecule has 160 valence electrons. The van der Waals surface area contributed by atoms with E-state index in [1.165, 1.54) is 28.1 Å². The van der Waals surface area contributed by atoms with Crippen molar-refractivity contribution in [2.75, 3.05) is 14.2 Å². The first-order valence-corrected chi connectivity index (χ1v) is 9.29. The smallest absolute Gasteiger partial charge is 0.339 e. The quantitative estimate of drug-likeness (QED) is 0.521. The highest BCUT2D eigenvalue weighted by Crippen LogP contribution is 2.23. The standard InChI is InChI=1S/C22H25NO7/c1-11-19(22(27)29-6)12(2)23-20(11)21(26)14(4)30-18(25)10-16-9-15(13(3)24)7-8-17(16)28-5/h7-9,14,23H,10H2,1-6H3/t14-/m0/s1. The molecule has 0 saturated heterocycles. The van der Waals surface area contributed by atoms with Gasteiger partial charge in [-0.1, -0.05) is 0 Å². The first kappa shape index (κ1) is 22.9. The number of methoxy groups -OCH3 is 2. The summed E-state index contributed by atoms with van der Waals surface area (Å²) < 4.78 is 15.3. The lowest BCUT2D eigenvalue weighted by molar-refractivity contribution is -0.145. The van der Waals surface area contributed by atoms with E-state index in [0.29, 0.717) is 28.1 Å². The predicted octanol–water partition coefficient (Wildman–Crippen LogP) is 2.99. The number of ketones is 2. The fourth-order valence-corrected chi connectivity index (χ4v) is 3.19. The summed E-state index contributed by atoms with van der Waals surface area (Å²) in [5.41, 5.74) is 2.31. The van der Waals surface area contributed by atoms with Crippen LogP contribution in [0.25, 0.3) is 0 Å². The maximum atomic E-state index is 12.8. The number of esters is 2. The molecule has 30 heavy (non-hydrogen) atoms. The van der Waals surface area contributed by atoms with Gasteiger partial charge >= 0.3 is 11.9 Å². The highest BCUT2D eigenvalue weighted by atomic mass is 16.5. The highest BCUT2D eigenvalue weighted by Gasteiger charge is 2.27. The molecule has 0 aliphatic rings. The average molecular weight is 415 g/mol. The van der Waals surface area contributed by atoms with Crippen molar-refractivity contribution < 1.29 is 33.4 Å². The van der Waals surface area contributed by atoms with Gasteiger partial charge in [0.25, 0.3) is 0 Å². The van der Waals surface area contributed by atoms with Gasteiger partial charge in [0, 0.05) is 16.8 Å². The van der Waals surface area contributed by atoms with Crippen LogP contribution in [0.1, 0.15) is 61.9 Å². The molecule has 0 fully saturated rings. The minimum absolute atomic E-state index is 0.144. The van der Waals surface area contributed by atoms with Gasteiger partial charge in [-0.25, -0.2) is 4.79 Å². The fourth-order valence-electron chi connectivity index (χ4n) is 3.19. The second-order valence-corrected chi connectivity index (χ2v) is 6.87. The zero-order valence-corrected chi connectivity index (χ0v) is 17.9. The van der Waals surface area contributed by atoms with Crippen molar-refractivity contribution in [3.63, 3.8) is 0 Å². The normalized spacial score (nSPS) is 11.5. The largest absolute Gasteiger partial charge is 0.496 e. The van der Waals surface area contributed by atoms with E-state index in [2.05, 4.69) is 4.98 Å². The number of aryl methyl sites for hydroxylation is 1. The number of H-pyrrole nitrogens is 1. The van der Waals surface area contributed by atoms with Gasteiger partial charge in [0.05, 0.1) is 31.9 Å². The van der Waals surface area contributed by atoms with E-state index in [-0.39, 0.29) is 23.5 Å². The first-order chi connectivity index (χ1) is 14.1. The molecule has 2 aromatic rings. The molecule has 0 spiro atoms. The first-order valence-electron chi connectivity index (χ1n) is 9.29. The van der Waals surface area contributed by atoms with Crippen LogP contribution in [0.15, 0.2) is 18.2 Å². The number of Topliss-reactive ketones (excluding diaryl/α,β-unsaturated/α-hetero) is 2. The van der Waals surface area contributed by atoms with Crippen molar-refractivity contribution >= 4 is 23.5 Å². The van der Waals surface area contributed by atoms with Crippen LogP contribution in [0.4, 0.5) is 0 Å². The predicted molar refractivity (Wildman–Crippen MR) is 108 cm³/mol. The molecule has 0 aliphatic carbocycles. The van der Waals surface area contributed by atoms with E-state index in [9.17, 15) is 19.2 Å². The summed E-state index contributed by atoms with van der Waals surface area (Å²) in [5, 5.41) is 0. The van der Waals surface area contributed by atoms with E-state index >= 15 is 0 Å². The summed E-state index contributed by atoms with van der Waals surface area (Å²) in [6.45, 7) is 6.15. The molecule has 0 unspecified atom stereocenters. The maximum absolute atomic E-state index is 12.8. The summed E-state index contributed by atoms with van der Waals surface area (Å²) >= 11 is 0. The molecule has 0 saturated carbocycles. The van der Waals surface area contributed by atoms with Crippen molar-refractivity contribution in [3.8, 4) is 5.75 Å². The summed E-state index contributed by atoms with van der Waals surface area (Å²) in [6.07, 6.45) is -1.25. The van der Waals surface area contributed by atoms with Crippen molar-refractivity contribution in [3.05, 3.63) is 51.8 Å². The zero-order valence-electron chi connectivity index (χ0n) is 17.9. The Bertz CT molecular complexity index is 1000. The number of carbonyl (C=O) groups is 4. The van der Waals surface area contributed by atoms with Crippen LogP contribution in [0.3, 0.4) is 0 Å². The molecule has 1 aromatic heterocycles. The van der Waals surface area contributed by atoms with Gasteiger partial charge in [0.15, 0.2) is 11.9 Å². The molecule has 0 radical (unpaired) electrons. The second kappa shape index (κ2) is 9.39. The van der Waals surface area contributed by atoms with Crippen molar-refractivity contribution in [1.29, 1.82) is 0 Å². The number of rotatable bonds is 8. The molecule has 1 heterocycles. The van der Waals surface area contributed by atoms with Crippen LogP contribution in [0.2, 0.25) is 0 Å². The zero-order chi connectivity index (χ0) is 22.6. The number of hydrogen-bond acceptors (Lipinski definition) is 7. The minimum Gasteiger partial charge on any atom is -0.496 e. The minimum atomic E-state index is -1.08. The van der Waals surface area contributed by atoms with E-state index in [0.717, 1.165) is 0 Å². The number of aromatic amines is 1. The van der Waals surface area contributed by atoms with Gasteiger partial charge in [0.1, 0.15) is 5.75 Å². The molecular formula is C22H25NO7. The van der Waals surface area contributed by atoms with Crippen molar-refractivity contribution in [1.82, 2.24) is 4.98 Å². The Kier molecular flexibility index (Phi) is 7.15. The van der Waals surface area contributed by atoms with E-state index in [1.54, 1.807) is 32.0 Å². The molecule has 1 aromatic carbocycles. The van der Waals surface area contributed by atoms with Gasteiger partial charge in [-0.2, -0.15) is 0 Å². The van der Waals surface area contributed by atoms with Crippen LogP contribution >= 0.6 is 0 Å². The number of aromatic nitrogens is 1. The highest BCUT2D eigenvalue weighted by molar-refractivity contribution is 6.04. The van der Waals surface area contributed by atoms with Gasteiger partial charge in [-0.3, -0.25) is 14.4 Å². The summed E-state index contributed by atoms with van der Waals surface area (Å²) in [5.74, 6) is -1.38. The van der Waals surface area contributed by atoms with E-state index < -0.39 is 23.8 Å². The third kappa shape index (κ3) is 4.76. The second-order valence-electron chi connectivity index (χ2n) is 6.87. The van der Waals surface area contributed by atoms with Crippen molar-refractivity contribution in [2.24, 2.45) is 0 Å². The van der Waals surface area contributed by atoms with Crippen LogP contribution < -0.4 is 4.74 Å². The lowest BCUT2D eigenvalue weighted by atomic mass is 10.0. The van der Waals surface area contributed by atoms with Crippen LogP contribution in [-0.2, 0) is 20.7 Å². The SMILES string of the molecule is COC(=O)c1c(C)[nH]c(C(=O)[C@H](C)OC(=O)Cc2cc(C(C)=O)ccc2OC)c1C. The van der Waals surface area contributed by atoms with E-state index in [1.807, 2.05) is 0 Å². The maximum Gasteiger partial charge on any atom is 0.339 e. The lowest BCUT2D eigenvalue weighted by Gasteiger charge is -2.14. The Hall–Kier alpha value is -3.42. The van der Waals surface area contributed by atoms with E-state index in [4.69, 9.17) is 14.2 Å². The third-order valence-electron chi connectivity index (χ3n) is 4.77. The Balaban J connectivity index is 2.17. The molecular weight excluding hydrogens is 390 g/mol. The Morgan fingerprint density at radius 1 is 1.10 bits per heavy atom. The number of nitrogens with one attached hydrogen (secondary N) is 1. The van der Waals surface area contributed by atoms with Gasteiger partial charge < -0.3 is 19.2 Å². The molecule has 0 aliphatic heterocycles. The number of ether oxygens (including phenoxy) is 3. The van der Waals surface area contributed by atoms with Gasteiger partial charge in [0.2, 0.25) is 5.78 Å². The van der Waals surface area contributed by atoms with Gasteiger partial charge in [-0.15, -0.1) is 0 Å². The van der Waals surface area contributed by atoms with Gasteiger partial charge in [-0.05, 0) is 51.5 Å². The molecule has 1 N–H and O–H groups in total. The summed E-state index contributed by atoms with van der Waals surface area (Å²) in [7, 11) is 2.72. The molecule has 0 amide bonds. The lowest BCUT2D eigenvalue weighted by Crippen LogP contribution is -2.26. The summed E-state index contributed by atoms with van der Waals surface area (Å²) in [6, 6.07) is 4.78. The van der Waals surface area contributed by atoms with Crippen LogP contribution in [0, 0.1) is 13.8 Å². The fraction of sp³-hybridized carbons (Fsp3) is 0.364. The Morgan fingerprint density at radius 3 is 2.33 bits per heavy atom. The number of carbonyl (C=O) groups excluding carboxylic acids is 4. The molecule has 1 atom stereocenters.